The van der Waals surface area contributed by atoms with Crippen molar-refractivity contribution in [3.8, 4) is 0 Å². The Morgan fingerprint density at radius 3 is 2.50 bits per heavy atom. The van der Waals surface area contributed by atoms with Crippen LogP contribution in [0.4, 0.5) is 0 Å². The van der Waals surface area contributed by atoms with Gasteiger partial charge in [0, 0.05) is 18.3 Å². The van der Waals surface area contributed by atoms with Gasteiger partial charge in [0.1, 0.15) is 5.41 Å². The van der Waals surface area contributed by atoms with Crippen LogP contribution in [0, 0.1) is 17.3 Å². The lowest BCUT2D eigenvalue weighted by atomic mass is 9.97. The fourth-order valence-electron chi connectivity index (χ4n) is 4.07. The monoisotopic (exact) mass is 380 g/mol. The molecule has 2 fully saturated rings. The molecule has 2 aliphatic carbocycles. The molecule has 148 valence electrons. The molecule has 0 aliphatic heterocycles. The van der Waals surface area contributed by atoms with Gasteiger partial charge in [0.2, 0.25) is 0 Å². The van der Waals surface area contributed by atoms with Crippen LogP contribution < -0.4 is 0 Å². The Bertz CT molecular complexity index is 575. The van der Waals surface area contributed by atoms with Gasteiger partial charge in [0.25, 0.3) is 0 Å². The number of carbonyl (C=O) groups is 2. The molecule has 0 aromatic carbocycles. The zero-order valence-corrected chi connectivity index (χ0v) is 18.6. The van der Waals surface area contributed by atoms with Crippen molar-refractivity contribution in [3.63, 3.8) is 0 Å². The summed E-state index contributed by atoms with van der Waals surface area (Å²) < 4.78 is 11.6. The number of esters is 1. The third kappa shape index (κ3) is 3.57. The molecule has 0 aromatic rings. The van der Waals surface area contributed by atoms with Gasteiger partial charge in [-0.3, -0.25) is 9.59 Å². The number of allylic oxidation sites excluding steroid dienone is 2. The molecular formula is C21H36O4Si. The highest BCUT2D eigenvalue weighted by atomic mass is 28.4. The van der Waals surface area contributed by atoms with E-state index in [0.717, 1.165) is 12.8 Å². The van der Waals surface area contributed by atoms with Crippen LogP contribution in [-0.4, -0.2) is 33.3 Å². The highest BCUT2D eigenvalue weighted by Gasteiger charge is 2.80. The van der Waals surface area contributed by atoms with E-state index in [1.807, 2.05) is 0 Å². The third-order valence-corrected chi connectivity index (χ3v) is 11.2. The predicted octanol–water partition coefficient (Wildman–Crippen LogP) is 4.89. The van der Waals surface area contributed by atoms with Crippen molar-refractivity contribution in [1.29, 1.82) is 0 Å². The van der Waals surface area contributed by atoms with Crippen LogP contribution in [-0.2, 0) is 18.8 Å². The molecule has 2 saturated carbocycles. The maximum atomic E-state index is 12.8. The molecule has 0 heterocycles. The van der Waals surface area contributed by atoms with Crippen LogP contribution in [0.2, 0.25) is 18.1 Å². The smallest absolute Gasteiger partial charge is 0.320 e. The van der Waals surface area contributed by atoms with Crippen molar-refractivity contribution >= 4 is 20.1 Å². The van der Waals surface area contributed by atoms with Gasteiger partial charge >= 0.3 is 5.97 Å². The zero-order valence-electron chi connectivity index (χ0n) is 17.6. The van der Waals surface area contributed by atoms with Gasteiger partial charge < -0.3 is 9.16 Å². The van der Waals surface area contributed by atoms with Crippen molar-refractivity contribution in [2.24, 2.45) is 17.3 Å². The second kappa shape index (κ2) is 7.59. The summed E-state index contributed by atoms with van der Waals surface area (Å²) in [5, 5.41) is 0.0763. The average Bonchev–Trinajstić information content (AvgIpc) is 3.12. The van der Waals surface area contributed by atoms with E-state index in [1.165, 1.54) is 20.0 Å². The van der Waals surface area contributed by atoms with E-state index in [-0.39, 0.29) is 34.7 Å². The van der Waals surface area contributed by atoms with Gasteiger partial charge in [-0.2, -0.15) is 0 Å². The summed E-state index contributed by atoms with van der Waals surface area (Å²) in [5.41, 5.74) is -0.983. The SMILES string of the molecule is CCCCC/C=C/[C@@H]1[C@H]2[C@H](O[Si](C)(C)C(C)(C)C)CC(=O)[C@]21C(=O)OC. The lowest BCUT2D eigenvalue weighted by Crippen LogP contribution is -2.44. The Morgan fingerprint density at radius 1 is 1.31 bits per heavy atom. The Morgan fingerprint density at radius 2 is 1.96 bits per heavy atom. The summed E-state index contributed by atoms with van der Waals surface area (Å²) in [6.07, 6.45) is 8.93. The van der Waals surface area contributed by atoms with Gasteiger partial charge in [-0.05, 0) is 31.0 Å². The van der Waals surface area contributed by atoms with E-state index in [9.17, 15) is 9.59 Å². The molecule has 2 rings (SSSR count). The van der Waals surface area contributed by atoms with E-state index in [2.05, 4.69) is 52.9 Å². The van der Waals surface area contributed by atoms with Gasteiger partial charge in [-0.25, -0.2) is 0 Å². The normalized spacial score (nSPS) is 31.3. The van der Waals surface area contributed by atoms with E-state index < -0.39 is 13.7 Å². The first-order valence-corrected chi connectivity index (χ1v) is 12.9. The highest BCUT2D eigenvalue weighted by Crippen LogP contribution is 2.68. The number of unbranched alkanes of at least 4 members (excludes halogenated alkanes) is 3. The molecule has 0 amide bonds. The number of hydrogen-bond donors (Lipinski definition) is 0. The Balaban J connectivity index is 2.18. The number of ether oxygens (including phenoxy) is 1. The lowest BCUT2D eigenvalue weighted by molar-refractivity contribution is -0.151. The second-order valence-corrected chi connectivity index (χ2v) is 14.1. The van der Waals surface area contributed by atoms with Crippen LogP contribution in [0.15, 0.2) is 12.2 Å². The third-order valence-electron chi connectivity index (χ3n) is 6.67. The summed E-state index contributed by atoms with van der Waals surface area (Å²) in [6.45, 7) is 13.2. The Labute approximate surface area is 159 Å². The molecule has 0 N–H and O–H groups in total. The molecule has 0 radical (unpaired) electrons. The van der Waals surface area contributed by atoms with Crippen molar-refractivity contribution in [2.45, 2.75) is 84.0 Å². The zero-order chi connectivity index (χ0) is 19.8. The van der Waals surface area contributed by atoms with Gasteiger partial charge in [-0.1, -0.05) is 52.7 Å². The molecule has 2 aliphatic rings. The number of fused-ring (bicyclic) bond motifs is 1. The minimum absolute atomic E-state index is 0.00117. The molecule has 0 saturated heterocycles. The minimum atomic E-state index is -2.00. The standard InChI is InChI=1S/C21H36O4Si/c1-8-9-10-11-12-13-15-18-16(25-26(6,7)20(2,3)4)14-17(22)21(15,18)19(23)24-5/h12-13,15-16,18H,8-11,14H2,1-7H3/b13-12+/t15-,16-,18+,21+/m1/s1. The number of rotatable bonds is 8. The maximum Gasteiger partial charge on any atom is 0.320 e. The predicted molar refractivity (Wildman–Crippen MR) is 106 cm³/mol. The maximum absolute atomic E-state index is 12.8. The summed E-state index contributed by atoms with van der Waals surface area (Å²) in [5.74, 6) is -0.495. The fraction of sp³-hybridized carbons (Fsp3) is 0.810. The lowest BCUT2D eigenvalue weighted by Gasteiger charge is -2.38. The summed E-state index contributed by atoms with van der Waals surface area (Å²) in [6, 6.07) is 0. The molecule has 4 nitrogen and oxygen atoms in total. The van der Waals surface area contributed by atoms with Crippen molar-refractivity contribution < 1.29 is 18.8 Å². The summed E-state index contributed by atoms with van der Waals surface area (Å²) >= 11 is 0. The first-order valence-electron chi connectivity index (χ1n) is 10.00. The molecule has 5 heteroatoms. The highest BCUT2D eigenvalue weighted by molar-refractivity contribution is 6.74. The number of carbonyl (C=O) groups excluding carboxylic acids is 2. The first-order chi connectivity index (χ1) is 12.0. The molecule has 0 spiro atoms. The Kier molecular flexibility index (Phi) is 6.23. The topological polar surface area (TPSA) is 52.6 Å². The van der Waals surface area contributed by atoms with Crippen LogP contribution in [0.5, 0.6) is 0 Å². The van der Waals surface area contributed by atoms with Crippen molar-refractivity contribution in [1.82, 2.24) is 0 Å². The Hall–Kier alpha value is -0.943. The van der Waals surface area contributed by atoms with Crippen molar-refractivity contribution in [2.75, 3.05) is 7.11 Å². The average molecular weight is 381 g/mol. The molecular weight excluding hydrogens is 344 g/mol. The van der Waals surface area contributed by atoms with Crippen molar-refractivity contribution in [3.05, 3.63) is 12.2 Å². The molecule has 0 aromatic heterocycles. The fourth-order valence-corrected chi connectivity index (χ4v) is 5.41. The summed E-state index contributed by atoms with van der Waals surface area (Å²) in [4.78, 5) is 25.4. The summed E-state index contributed by atoms with van der Waals surface area (Å²) in [7, 11) is -0.621. The van der Waals surface area contributed by atoms with E-state index >= 15 is 0 Å². The second-order valence-electron chi connectivity index (χ2n) is 9.38. The molecule has 0 bridgehead atoms. The largest absolute Gasteiger partial charge is 0.468 e. The van der Waals surface area contributed by atoms with Gasteiger partial charge in [0.05, 0.1) is 13.2 Å². The minimum Gasteiger partial charge on any atom is -0.468 e. The molecule has 4 atom stereocenters. The first kappa shape index (κ1) is 21.4. The number of Topliss-reactive ketones (excluding diaryl/α,β-unsaturated/α-hetero) is 1. The number of ketones is 1. The molecule has 0 unspecified atom stereocenters. The number of methoxy groups -OCH3 is 1. The quantitative estimate of drug-likeness (QED) is 0.198. The van der Waals surface area contributed by atoms with E-state index in [4.69, 9.17) is 9.16 Å². The molecule has 26 heavy (non-hydrogen) atoms. The van der Waals surface area contributed by atoms with Crippen LogP contribution in [0.3, 0.4) is 0 Å². The van der Waals surface area contributed by atoms with E-state index in [1.54, 1.807) is 0 Å². The van der Waals surface area contributed by atoms with Crippen LogP contribution in [0.1, 0.15) is 59.8 Å². The van der Waals surface area contributed by atoms with E-state index in [0.29, 0.717) is 6.42 Å². The van der Waals surface area contributed by atoms with Gasteiger partial charge in [0.15, 0.2) is 14.1 Å². The van der Waals surface area contributed by atoms with Crippen LogP contribution in [0.25, 0.3) is 0 Å². The van der Waals surface area contributed by atoms with Crippen LogP contribution >= 0.6 is 0 Å². The van der Waals surface area contributed by atoms with Gasteiger partial charge in [-0.15, -0.1) is 0 Å². The number of hydrogen-bond acceptors (Lipinski definition) is 4.